The van der Waals surface area contributed by atoms with E-state index in [9.17, 15) is 0 Å². The molecule has 1 unspecified atom stereocenters. The second-order valence-corrected chi connectivity index (χ2v) is 6.19. The number of aromatic nitrogens is 2. The number of hydrogen-bond donors (Lipinski definition) is 1. The summed E-state index contributed by atoms with van der Waals surface area (Å²) in [5.74, 6) is 2.94. The molecule has 5 nitrogen and oxygen atoms in total. The van der Waals surface area contributed by atoms with Crippen LogP contribution in [-0.4, -0.2) is 15.9 Å². The van der Waals surface area contributed by atoms with Gasteiger partial charge in [0.25, 0.3) is 0 Å². The Morgan fingerprint density at radius 3 is 2.95 bits per heavy atom. The Labute approximate surface area is 121 Å². The van der Waals surface area contributed by atoms with Crippen molar-refractivity contribution in [2.45, 2.75) is 30.9 Å². The highest BCUT2D eigenvalue weighted by atomic mass is 32.2. The van der Waals surface area contributed by atoms with Crippen LogP contribution in [0.5, 0.6) is 5.75 Å². The van der Waals surface area contributed by atoms with Crippen molar-refractivity contribution in [3.63, 3.8) is 0 Å². The Kier molecular flexibility index (Phi) is 3.67. The van der Waals surface area contributed by atoms with Crippen molar-refractivity contribution in [2.75, 3.05) is 5.75 Å². The normalized spacial score (nSPS) is 19.5. The van der Waals surface area contributed by atoms with E-state index in [-0.39, 0.29) is 18.1 Å². The maximum absolute atomic E-state index is 6.01. The van der Waals surface area contributed by atoms with Crippen molar-refractivity contribution in [2.24, 2.45) is 11.7 Å². The highest BCUT2D eigenvalue weighted by molar-refractivity contribution is 7.99. The van der Waals surface area contributed by atoms with Gasteiger partial charge in [-0.15, -0.1) is 11.8 Å². The Bertz CT molecular complexity index is 600. The lowest BCUT2D eigenvalue weighted by atomic mass is 10.1. The predicted molar refractivity (Wildman–Crippen MR) is 76.6 cm³/mol. The van der Waals surface area contributed by atoms with Crippen LogP contribution in [0.4, 0.5) is 0 Å². The molecule has 0 bridgehead atoms. The molecule has 2 atom stereocenters. The molecule has 0 aliphatic carbocycles. The zero-order valence-corrected chi connectivity index (χ0v) is 12.3. The third-order valence-corrected chi connectivity index (χ3v) is 4.38. The molecule has 0 radical (unpaired) electrons. The third-order valence-electron chi connectivity index (χ3n) is 3.26. The van der Waals surface area contributed by atoms with Crippen molar-refractivity contribution in [1.82, 2.24) is 10.1 Å². The van der Waals surface area contributed by atoms with E-state index in [0.717, 1.165) is 16.4 Å². The SMILES string of the molecule is CC(C)[C@H](N)c1nc(C2CSc3ccccc3O2)no1. The van der Waals surface area contributed by atoms with Crippen molar-refractivity contribution in [3.05, 3.63) is 36.0 Å². The van der Waals surface area contributed by atoms with Gasteiger partial charge in [0.05, 0.1) is 6.04 Å². The average Bonchev–Trinajstić information content (AvgIpc) is 2.95. The number of ether oxygens (including phenoxy) is 1. The first kappa shape index (κ1) is 13.5. The highest BCUT2D eigenvalue weighted by Crippen LogP contribution is 2.39. The van der Waals surface area contributed by atoms with E-state index < -0.39 is 0 Å². The number of para-hydroxylation sites is 1. The number of fused-ring (bicyclic) bond motifs is 1. The first-order valence-corrected chi connectivity index (χ1v) is 7.61. The molecule has 1 aromatic heterocycles. The topological polar surface area (TPSA) is 74.2 Å². The van der Waals surface area contributed by atoms with E-state index in [1.807, 2.05) is 38.1 Å². The van der Waals surface area contributed by atoms with Crippen molar-refractivity contribution in [1.29, 1.82) is 0 Å². The summed E-state index contributed by atoms with van der Waals surface area (Å²) < 4.78 is 11.2. The summed E-state index contributed by atoms with van der Waals surface area (Å²) in [7, 11) is 0. The average molecular weight is 291 g/mol. The molecular formula is C14H17N3O2S. The second kappa shape index (κ2) is 5.46. The molecule has 2 N–H and O–H groups in total. The van der Waals surface area contributed by atoms with Gasteiger partial charge in [0.2, 0.25) is 11.7 Å². The largest absolute Gasteiger partial charge is 0.480 e. The van der Waals surface area contributed by atoms with Gasteiger partial charge in [-0.05, 0) is 18.1 Å². The lowest BCUT2D eigenvalue weighted by molar-refractivity contribution is 0.204. The standard InChI is InChI=1S/C14H17N3O2S/c1-8(2)12(15)14-16-13(17-19-14)10-7-20-11-6-4-3-5-9(11)18-10/h3-6,8,10,12H,7,15H2,1-2H3/t10?,12-/m0/s1. The van der Waals surface area contributed by atoms with Crippen molar-refractivity contribution in [3.8, 4) is 5.75 Å². The molecule has 3 rings (SSSR count). The summed E-state index contributed by atoms with van der Waals surface area (Å²) in [5, 5.41) is 4.01. The van der Waals surface area contributed by atoms with Gasteiger partial charge in [-0.25, -0.2) is 0 Å². The molecule has 0 saturated heterocycles. The van der Waals surface area contributed by atoms with Crippen LogP contribution in [0.3, 0.4) is 0 Å². The molecule has 1 aromatic carbocycles. The molecule has 106 valence electrons. The number of nitrogens with two attached hydrogens (primary N) is 1. The highest BCUT2D eigenvalue weighted by Gasteiger charge is 2.27. The fourth-order valence-corrected chi connectivity index (χ4v) is 2.93. The van der Waals surface area contributed by atoms with E-state index >= 15 is 0 Å². The molecule has 1 aliphatic rings. The Morgan fingerprint density at radius 1 is 1.35 bits per heavy atom. The number of benzene rings is 1. The van der Waals surface area contributed by atoms with Gasteiger partial charge >= 0.3 is 0 Å². The van der Waals surface area contributed by atoms with Crippen LogP contribution in [0.2, 0.25) is 0 Å². The zero-order chi connectivity index (χ0) is 14.1. The van der Waals surface area contributed by atoms with Gasteiger partial charge in [0.1, 0.15) is 5.75 Å². The van der Waals surface area contributed by atoms with Crippen LogP contribution in [0.1, 0.15) is 37.7 Å². The maximum atomic E-state index is 6.01. The molecule has 0 fully saturated rings. The molecule has 2 heterocycles. The quantitative estimate of drug-likeness (QED) is 0.937. The van der Waals surface area contributed by atoms with E-state index in [1.165, 1.54) is 0 Å². The molecule has 1 aliphatic heterocycles. The third kappa shape index (κ3) is 2.53. The maximum Gasteiger partial charge on any atom is 0.243 e. The number of rotatable bonds is 3. The van der Waals surface area contributed by atoms with Gasteiger partial charge in [-0.2, -0.15) is 4.98 Å². The fourth-order valence-electron chi connectivity index (χ4n) is 1.95. The van der Waals surface area contributed by atoms with Crippen LogP contribution in [-0.2, 0) is 0 Å². The molecule has 0 saturated carbocycles. The predicted octanol–water partition coefficient (Wildman–Crippen LogP) is 2.95. The summed E-state index contributed by atoms with van der Waals surface area (Å²) in [4.78, 5) is 5.53. The smallest absolute Gasteiger partial charge is 0.243 e. The summed E-state index contributed by atoms with van der Waals surface area (Å²) in [5.41, 5.74) is 6.01. The van der Waals surface area contributed by atoms with Crippen LogP contribution in [0.25, 0.3) is 0 Å². The first-order valence-electron chi connectivity index (χ1n) is 6.62. The van der Waals surface area contributed by atoms with Gasteiger partial charge in [-0.1, -0.05) is 31.1 Å². The van der Waals surface area contributed by atoms with Gasteiger partial charge in [0.15, 0.2) is 6.10 Å². The van der Waals surface area contributed by atoms with Gasteiger partial charge in [0, 0.05) is 10.6 Å². The summed E-state index contributed by atoms with van der Waals surface area (Å²) >= 11 is 1.74. The number of thioether (sulfide) groups is 1. The van der Waals surface area contributed by atoms with E-state index in [2.05, 4.69) is 10.1 Å². The van der Waals surface area contributed by atoms with Gasteiger partial charge < -0.3 is 15.0 Å². The minimum atomic E-state index is -0.236. The van der Waals surface area contributed by atoms with E-state index in [4.69, 9.17) is 15.0 Å². The molecule has 6 heteroatoms. The first-order chi connectivity index (χ1) is 9.65. The number of hydrogen-bond acceptors (Lipinski definition) is 6. The molecule has 2 aromatic rings. The van der Waals surface area contributed by atoms with Gasteiger partial charge in [-0.3, -0.25) is 0 Å². The molecule has 20 heavy (non-hydrogen) atoms. The fraction of sp³-hybridized carbons (Fsp3) is 0.429. The van der Waals surface area contributed by atoms with Crippen molar-refractivity contribution < 1.29 is 9.26 Å². The Hall–Kier alpha value is -1.53. The lowest BCUT2D eigenvalue weighted by Crippen LogP contribution is -2.18. The van der Waals surface area contributed by atoms with Crippen LogP contribution in [0, 0.1) is 5.92 Å². The van der Waals surface area contributed by atoms with E-state index in [0.29, 0.717) is 11.7 Å². The number of nitrogens with zero attached hydrogens (tertiary/aromatic N) is 2. The summed E-state index contributed by atoms with van der Waals surface area (Å²) in [6.45, 7) is 4.05. The molecule has 0 spiro atoms. The van der Waals surface area contributed by atoms with Crippen LogP contribution < -0.4 is 10.5 Å². The molecule has 0 amide bonds. The Morgan fingerprint density at radius 2 is 2.15 bits per heavy atom. The van der Waals surface area contributed by atoms with Crippen LogP contribution in [0.15, 0.2) is 33.7 Å². The second-order valence-electron chi connectivity index (χ2n) is 5.12. The summed E-state index contributed by atoms with van der Waals surface area (Å²) in [6, 6.07) is 7.73. The Balaban J connectivity index is 1.78. The van der Waals surface area contributed by atoms with Crippen molar-refractivity contribution >= 4 is 11.8 Å². The zero-order valence-electron chi connectivity index (χ0n) is 11.4. The molecular weight excluding hydrogens is 274 g/mol. The minimum absolute atomic E-state index is 0.188. The monoisotopic (exact) mass is 291 g/mol. The van der Waals surface area contributed by atoms with Crippen LogP contribution >= 0.6 is 11.8 Å². The minimum Gasteiger partial charge on any atom is -0.480 e. The summed E-state index contributed by atoms with van der Waals surface area (Å²) in [6.07, 6.45) is -0.188. The van der Waals surface area contributed by atoms with E-state index in [1.54, 1.807) is 11.8 Å². The lowest BCUT2D eigenvalue weighted by Gasteiger charge is -2.22.